The van der Waals surface area contributed by atoms with Crippen molar-refractivity contribution >= 4 is 44.4 Å². The number of halogens is 2. The molecule has 1 N–H and O–H groups in total. The number of nitro groups is 1. The number of anilines is 1. The first-order valence-electron chi connectivity index (χ1n) is 6.84. The zero-order valence-corrected chi connectivity index (χ0v) is 15.0. The molecule has 0 unspecified atom stereocenters. The summed E-state index contributed by atoms with van der Waals surface area (Å²) in [5.41, 5.74) is 0.962. The van der Waals surface area contributed by atoms with E-state index in [0.29, 0.717) is 28.7 Å². The van der Waals surface area contributed by atoms with E-state index in [1.165, 1.54) is 18.2 Å². The molecule has 0 aliphatic heterocycles. The standard InChI is InChI=1S/C15H14Cl2N2O4S/c1-24(22,23)15-9-13(2-3-14(15)19(20)21)18-5-4-10-6-11(16)8-12(17)7-10/h2-3,6-9,18H,4-5H2,1H3. The minimum atomic E-state index is -3.71. The molecule has 2 aromatic carbocycles. The molecule has 0 saturated carbocycles. The Morgan fingerprint density at radius 2 is 1.75 bits per heavy atom. The smallest absolute Gasteiger partial charge is 0.288 e. The first-order valence-corrected chi connectivity index (χ1v) is 9.49. The summed E-state index contributed by atoms with van der Waals surface area (Å²) in [4.78, 5) is 9.91. The molecule has 0 heterocycles. The van der Waals surface area contributed by atoms with Gasteiger partial charge in [0.1, 0.15) is 4.90 Å². The van der Waals surface area contributed by atoms with Gasteiger partial charge in [-0.3, -0.25) is 10.1 Å². The van der Waals surface area contributed by atoms with Gasteiger partial charge in [0.15, 0.2) is 9.84 Å². The second-order valence-electron chi connectivity index (χ2n) is 5.17. The summed E-state index contributed by atoms with van der Waals surface area (Å²) in [6.45, 7) is 0.484. The lowest BCUT2D eigenvalue weighted by Gasteiger charge is -2.09. The topological polar surface area (TPSA) is 89.3 Å². The Morgan fingerprint density at radius 3 is 2.29 bits per heavy atom. The average molecular weight is 389 g/mol. The van der Waals surface area contributed by atoms with Gasteiger partial charge < -0.3 is 5.32 Å². The first-order chi connectivity index (χ1) is 11.2. The normalized spacial score (nSPS) is 11.3. The Morgan fingerprint density at radius 1 is 1.12 bits per heavy atom. The highest BCUT2D eigenvalue weighted by molar-refractivity contribution is 7.90. The third-order valence-corrected chi connectivity index (χ3v) is 4.78. The molecule has 9 heteroatoms. The molecule has 24 heavy (non-hydrogen) atoms. The minimum Gasteiger partial charge on any atom is -0.385 e. The Hall–Kier alpha value is -1.83. The fourth-order valence-electron chi connectivity index (χ4n) is 2.18. The van der Waals surface area contributed by atoms with Gasteiger partial charge in [-0.1, -0.05) is 23.2 Å². The van der Waals surface area contributed by atoms with E-state index in [1.54, 1.807) is 18.2 Å². The van der Waals surface area contributed by atoms with Crippen LogP contribution in [0, 0.1) is 10.1 Å². The maximum absolute atomic E-state index is 11.7. The molecule has 0 fully saturated rings. The molecule has 128 valence electrons. The summed E-state index contributed by atoms with van der Waals surface area (Å²) in [5, 5.41) is 15.0. The average Bonchev–Trinajstić information content (AvgIpc) is 2.45. The fourth-order valence-corrected chi connectivity index (χ4v) is 3.61. The predicted molar refractivity (Wildman–Crippen MR) is 94.9 cm³/mol. The molecule has 0 amide bonds. The minimum absolute atomic E-state index is 0.316. The van der Waals surface area contributed by atoms with Crippen LogP contribution in [-0.4, -0.2) is 26.1 Å². The highest BCUT2D eigenvalue weighted by atomic mass is 35.5. The molecule has 0 radical (unpaired) electrons. The molecule has 2 rings (SSSR count). The van der Waals surface area contributed by atoms with Crippen molar-refractivity contribution in [2.24, 2.45) is 0 Å². The van der Waals surface area contributed by atoms with Crippen LogP contribution in [0.3, 0.4) is 0 Å². The Balaban J connectivity index is 2.14. The number of hydrogen-bond acceptors (Lipinski definition) is 5. The van der Waals surface area contributed by atoms with Gasteiger partial charge in [-0.25, -0.2) is 8.42 Å². The summed E-state index contributed by atoms with van der Waals surface area (Å²) in [6.07, 6.45) is 1.54. The van der Waals surface area contributed by atoms with Crippen LogP contribution < -0.4 is 5.32 Å². The van der Waals surface area contributed by atoms with E-state index in [-0.39, 0.29) is 4.90 Å². The Labute approximate surface area is 149 Å². The quantitative estimate of drug-likeness (QED) is 0.597. The van der Waals surface area contributed by atoms with Crippen LogP contribution >= 0.6 is 23.2 Å². The molecule has 2 aromatic rings. The van der Waals surface area contributed by atoms with Crippen molar-refractivity contribution in [2.75, 3.05) is 18.1 Å². The number of nitrogens with zero attached hydrogens (tertiary/aromatic N) is 1. The van der Waals surface area contributed by atoms with Gasteiger partial charge in [0.25, 0.3) is 5.69 Å². The largest absolute Gasteiger partial charge is 0.385 e. The molecular formula is C15H14Cl2N2O4S. The maximum Gasteiger partial charge on any atom is 0.288 e. The third kappa shape index (κ3) is 4.83. The highest BCUT2D eigenvalue weighted by Gasteiger charge is 2.22. The van der Waals surface area contributed by atoms with Crippen LogP contribution in [0.5, 0.6) is 0 Å². The van der Waals surface area contributed by atoms with Crippen molar-refractivity contribution in [3.8, 4) is 0 Å². The molecule has 0 atom stereocenters. The number of hydrogen-bond donors (Lipinski definition) is 1. The lowest BCUT2D eigenvalue weighted by molar-refractivity contribution is -0.387. The maximum atomic E-state index is 11.7. The number of benzene rings is 2. The van der Waals surface area contributed by atoms with Gasteiger partial charge in [0.2, 0.25) is 0 Å². The van der Waals surface area contributed by atoms with E-state index in [2.05, 4.69) is 5.32 Å². The van der Waals surface area contributed by atoms with Crippen molar-refractivity contribution in [3.05, 3.63) is 62.1 Å². The van der Waals surface area contributed by atoms with Crippen LogP contribution in [0.1, 0.15) is 5.56 Å². The van der Waals surface area contributed by atoms with Crippen LogP contribution in [0.4, 0.5) is 11.4 Å². The van der Waals surface area contributed by atoms with E-state index in [1.807, 2.05) is 0 Å². The van der Waals surface area contributed by atoms with Gasteiger partial charge in [0, 0.05) is 34.6 Å². The summed E-state index contributed by atoms with van der Waals surface area (Å²) >= 11 is 11.9. The number of sulfone groups is 1. The lowest BCUT2D eigenvalue weighted by atomic mass is 10.1. The van der Waals surface area contributed by atoms with Gasteiger partial charge in [-0.15, -0.1) is 0 Å². The molecule has 0 aromatic heterocycles. The fraction of sp³-hybridized carbons (Fsp3) is 0.200. The molecule has 0 saturated heterocycles. The summed E-state index contributed by atoms with van der Waals surface area (Å²) < 4.78 is 23.4. The Kier molecular flexibility index (Phi) is 5.69. The molecular weight excluding hydrogens is 375 g/mol. The van der Waals surface area contributed by atoms with E-state index in [0.717, 1.165) is 11.8 Å². The van der Waals surface area contributed by atoms with Crippen molar-refractivity contribution in [1.29, 1.82) is 0 Å². The SMILES string of the molecule is CS(=O)(=O)c1cc(NCCc2cc(Cl)cc(Cl)c2)ccc1[N+](=O)[O-]. The van der Waals surface area contributed by atoms with Crippen molar-refractivity contribution < 1.29 is 13.3 Å². The number of nitrogens with one attached hydrogen (secondary N) is 1. The van der Waals surface area contributed by atoms with Crippen molar-refractivity contribution in [1.82, 2.24) is 0 Å². The monoisotopic (exact) mass is 388 g/mol. The highest BCUT2D eigenvalue weighted by Crippen LogP contribution is 2.27. The Bertz CT molecular complexity index is 865. The zero-order valence-electron chi connectivity index (χ0n) is 12.6. The van der Waals surface area contributed by atoms with Crippen molar-refractivity contribution in [3.63, 3.8) is 0 Å². The lowest BCUT2D eigenvalue weighted by Crippen LogP contribution is -2.07. The summed E-state index contributed by atoms with van der Waals surface area (Å²) in [6, 6.07) is 9.11. The molecule has 0 aliphatic rings. The van der Waals surface area contributed by atoms with Crippen LogP contribution in [0.25, 0.3) is 0 Å². The van der Waals surface area contributed by atoms with Crippen molar-refractivity contribution in [2.45, 2.75) is 11.3 Å². The molecule has 0 aliphatic carbocycles. The van der Waals surface area contributed by atoms with Crippen LogP contribution in [-0.2, 0) is 16.3 Å². The number of rotatable bonds is 6. The molecule has 0 bridgehead atoms. The van der Waals surface area contributed by atoms with E-state index in [9.17, 15) is 18.5 Å². The van der Waals surface area contributed by atoms with E-state index in [4.69, 9.17) is 23.2 Å². The number of nitro benzene ring substituents is 1. The summed E-state index contributed by atoms with van der Waals surface area (Å²) in [7, 11) is -3.71. The van der Waals surface area contributed by atoms with Gasteiger partial charge in [-0.2, -0.15) is 0 Å². The summed E-state index contributed by atoms with van der Waals surface area (Å²) in [5.74, 6) is 0. The second kappa shape index (κ2) is 7.38. The first kappa shape index (κ1) is 18.5. The second-order valence-corrected chi connectivity index (χ2v) is 8.02. The molecule has 6 nitrogen and oxygen atoms in total. The van der Waals surface area contributed by atoms with E-state index < -0.39 is 20.4 Å². The van der Waals surface area contributed by atoms with E-state index >= 15 is 0 Å². The third-order valence-electron chi connectivity index (χ3n) is 3.22. The van der Waals surface area contributed by atoms with Crippen LogP contribution in [0.15, 0.2) is 41.3 Å². The van der Waals surface area contributed by atoms with Gasteiger partial charge in [-0.05, 0) is 42.3 Å². The van der Waals surface area contributed by atoms with Crippen LogP contribution in [0.2, 0.25) is 10.0 Å². The zero-order chi connectivity index (χ0) is 17.9. The molecule has 0 spiro atoms. The van der Waals surface area contributed by atoms with Gasteiger partial charge in [0.05, 0.1) is 4.92 Å². The predicted octanol–water partition coefficient (Wildman–Crippen LogP) is 3.96. The van der Waals surface area contributed by atoms with Gasteiger partial charge >= 0.3 is 0 Å².